The SMILES string of the molecule is COc1ccc(C(=O)N(Cc2ccccc2C(N)=O)[C@@H]2CCc3c(F)cc(Cl)cc32)cn1. The molecule has 1 aromatic heterocycles. The second-order valence-electron chi connectivity index (χ2n) is 7.55. The first kappa shape index (κ1) is 21.8. The van der Waals surface area contributed by atoms with Crippen LogP contribution in [0.1, 0.15) is 49.9 Å². The number of benzene rings is 2. The summed E-state index contributed by atoms with van der Waals surface area (Å²) in [5, 5.41) is 0.268. The third kappa shape index (κ3) is 4.16. The monoisotopic (exact) mass is 453 g/mol. The number of nitrogens with zero attached hydrogens (tertiary/aromatic N) is 2. The van der Waals surface area contributed by atoms with Gasteiger partial charge in [-0.15, -0.1) is 0 Å². The van der Waals surface area contributed by atoms with Crippen molar-refractivity contribution >= 4 is 23.4 Å². The van der Waals surface area contributed by atoms with Crippen LogP contribution in [0.25, 0.3) is 0 Å². The molecule has 32 heavy (non-hydrogen) atoms. The smallest absolute Gasteiger partial charge is 0.256 e. The Hall–Kier alpha value is -3.45. The fraction of sp³-hybridized carbons (Fsp3) is 0.208. The van der Waals surface area contributed by atoms with Gasteiger partial charge in [-0.25, -0.2) is 9.37 Å². The zero-order valence-corrected chi connectivity index (χ0v) is 18.1. The summed E-state index contributed by atoms with van der Waals surface area (Å²) < 4.78 is 19.6. The number of ether oxygens (including phenoxy) is 1. The molecule has 1 heterocycles. The molecule has 0 aliphatic heterocycles. The molecule has 164 valence electrons. The Balaban J connectivity index is 1.78. The molecule has 6 nitrogen and oxygen atoms in total. The number of hydrogen-bond acceptors (Lipinski definition) is 4. The normalized spacial score (nSPS) is 14.7. The molecule has 4 rings (SSSR count). The van der Waals surface area contributed by atoms with E-state index in [1.165, 1.54) is 19.4 Å². The van der Waals surface area contributed by atoms with Crippen LogP contribution >= 0.6 is 11.6 Å². The maximum atomic E-state index is 14.5. The Morgan fingerprint density at radius 2 is 2.03 bits per heavy atom. The van der Waals surface area contributed by atoms with Gasteiger partial charge < -0.3 is 15.4 Å². The summed E-state index contributed by atoms with van der Waals surface area (Å²) >= 11 is 6.13. The lowest BCUT2D eigenvalue weighted by molar-refractivity contribution is 0.0655. The number of rotatable bonds is 6. The fourth-order valence-electron chi connectivity index (χ4n) is 4.14. The van der Waals surface area contributed by atoms with Gasteiger partial charge in [0.05, 0.1) is 18.7 Å². The quantitative estimate of drug-likeness (QED) is 0.602. The Labute approximate surface area is 189 Å². The van der Waals surface area contributed by atoms with Crippen molar-refractivity contribution in [1.29, 1.82) is 0 Å². The zero-order valence-electron chi connectivity index (χ0n) is 17.3. The molecule has 8 heteroatoms. The number of nitrogens with two attached hydrogens (primary N) is 1. The van der Waals surface area contributed by atoms with Crippen molar-refractivity contribution in [3.05, 3.63) is 93.4 Å². The van der Waals surface area contributed by atoms with Crippen LogP contribution in [0.15, 0.2) is 54.7 Å². The van der Waals surface area contributed by atoms with Crippen LogP contribution in [0.2, 0.25) is 5.02 Å². The topological polar surface area (TPSA) is 85.5 Å². The molecule has 0 saturated carbocycles. The van der Waals surface area contributed by atoms with Crippen LogP contribution in [-0.2, 0) is 13.0 Å². The zero-order chi connectivity index (χ0) is 22.8. The average molecular weight is 454 g/mol. The number of pyridine rings is 1. The summed E-state index contributed by atoms with van der Waals surface area (Å²) in [7, 11) is 1.49. The number of aromatic nitrogens is 1. The first-order valence-electron chi connectivity index (χ1n) is 10.1. The van der Waals surface area contributed by atoms with Crippen LogP contribution < -0.4 is 10.5 Å². The average Bonchev–Trinajstić information content (AvgIpc) is 3.21. The highest BCUT2D eigenvalue weighted by molar-refractivity contribution is 6.30. The van der Waals surface area contributed by atoms with E-state index in [1.54, 1.807) is 47.4 Å². The van der Waals surface area contributed by atoms with E-state index in [9.17, 15) is 14.0 Å². The molecule has 2 N–H and O–H groups in total. The standard InChI is InChI=1S/C24H21ClFN3O3/c1-32-22-9-6-14(12-28-22)24(31)29(13-15-4-2-3-5-17(15)23(27)30)21-8-7-18-19(21)10-16(25)11-20(18)26/h2-6,9-12,21H,7-8,13H2,1H3,(H2,27,30)/t21-/m1/s1. The lowest BCUT2D eigenvalue weighted by Gasteiger charge is -2.31. The van der Waals surface area contributed by atoms with Crippen molar-refractivity contribution in [3.8, 4) is 5.88 Å². The Bertz CT molecular complexity index is 1180. The molecule has 0 spiro atoms. The van der Waals surface area contributed by atoms with Gasteiger partial charge in [0.2, 0.25) is 11.8 Å². The maximum absolute atomic E-state index is 14.5. The molecule has 3 aromatic rings. The molecule has 1 aliphatic rings. The van der Waals surface area contributed by atoms with E-state index in [0.717, 1.165) is 0 Å². The minimum absolute atomic E-state index is 0.113. The first-order valence-corrected chi connectivity index (χ1v) is 10.4. The van der Waals surface area contributed by atoms with E-state index in [0.29, 0.717) is 46.5 Å². The van der Waals surface area contributed by atoms with Gasteiger partial charge in [0.25, 0.3) is 5.91 Å². The summed E-state index contributed by atoms with van der Waals surface area (Å²) in [6.07, 6.45) is 2.44. The van der Waals surface area contributed by atoms with Gasteiger partial charge in [-0.05, 0) is 53.8 Å². The Morgan fingerprint density at radius 1 is 1.25 bits per heavy atom. The lowest BCUT2D eigenvalue weighted by Crippen LogP contribution is -2.34. The van der Waals surface area contributed by atoms with Gasteiger partial charge in [-0.3, -0.25) is 9.59 Å². The second kappa shape index (κ2) is 8.96. The first-order chi connectivity index (χ1) is 15.4. The Morgan fingerprint density at radius 3 is 2.72 bits per heavy atom. The number of carbonyl (C=O) groups excluding carboxylic acids is 2. The minimum Gasteiger partial charge on any atom is -0.481 e. The van der Waals surface area contributed by atoms with Crippen LogP contribution in [-0.4, -0.2) is 28.8 Å². The molecular weight excluding hydrogens is 433 g/mol. The summed E-state index contributed by atoms with van der Waals surface area (Å²) in [5.41, 5.74) is 8.04. The molecule has 0 bridgehead atoms. The molecular formula is C24H21ClFN3O3. The summed E-state index contributed by atoms with van der Waals surface area (Å²) in [6, 6.07) is 12.6. The predicted octanol–water partition coefficient (Wildman–Crippen LogP) is 4.31. The third-order valence-electron chi connectivity index (χ3n) is 5.67. The van der Waals surface area contributed by atoms with Crippen molar-refractivity contribution < 1.29 is 18.7 Å². The molecule has 0 fully saturated rings. The minimum atomic E-state index is -0.583. The number of primary amides is 1. The molecule has 0 radical (unpaired) electrons. The van der Waals surface area contributed by atoms with Crippen LogP contribution in [0.3, 0.4) is 0 Å². The van der Waals surface area contributed by atoms with Gasteiger partial charge >= 0.3 is 0 Å². The molecule has 0 unspecified atom stereocenters. The highest BCUT2D eigenvalue weighted by Crippen LogP contribution is 2.40. The molecule has 1 aliphatic carbocycles. The van der Waals surface area contributed by atoms with Gasteiger partial charge in [0.15, 0.2) is 0 Å². The van der Waals surface area contributed by atoms with Crippen molar-refractivity contribution in [1.82, 2.24) is 9.88 Å². The molecule has 2 amide bonds. The highest BCUT2D eigenvalue weighted by atomic mass is 35.5. The summed E-state index contributed by atoms with van der Waals surface area (Å²) in [4.78, 5) is 31.3. The number of fused-ring (bicyclic) bond motifs is 1. The number of halogens is 2. The van der Waals surface area contributed by atoms with Gasteiger partial charge in [0.1, 0.15) is 5.82 Å². The van der Waals surface area contributed by atoms with E-state index >= 15 is 0 Å². The van der Waals surface area contributed by atoms with Crippen molar-refractivity contribution in [3.63, 3.8) is 0 Å². The van der Waals surface area contributed by atoms with Gasteiger partial charge in [-0.1, -0.05) is 29.8 Å². The Kier molecular flexibility index (Phi) is 6.10. The molecule has 0 saturated heterocycles. The van der Waals surface area contributed by atoms with E-state index in [-0.39, 0.29) is 23.3 Å². The molecule has 2 aromatic carbocycles. The van der Waals surface area contributed by atoms with E-state index in [1.807, 2.05) is 0 Å². The van der Waals surface area contributed by atoms with Gasteiger partial charge in [-0.2, -0.15) is 0 Å². The summed E-state index contributed by atoms with van der Waals surface area (Å²) in [6.45, 7) is 0.113. The highest BCUT2D eigenvalue weighted by Gasteiger charge is 2.34. The molecule has 1 atom stereocenters. The van der Waals surface area contributed by atoms with Crippen molar-refractivity contribution in [2.24, 2.45) is 5.73 Å². The lowest BCUT2D eigenvalue weighted by atomic mass is 10.0. The number of hydrogen-bond donors (Lipinski definition) is 1. The summed E-state index contributed by atoms with van der Waals surface area (Å²) in [5.74, 6) is -0.893. The van der Waals surface area contributed by atoms with E-state index < -0.39 is 11.9 Å². The third-order valence-corrected chi connectivity index (χ3v) is 5.89. The van der Waals surface area contributed by atoms with Crippen LogP contribution in [0.5, 0.6) is 5.88 Å². The predicted molar refractivity (Wildman–Crippen MR) is 118 cm³/mol. The van der Waals surface area contributed by atoms with Gasteiger partial charge in [0, 0.05) is 29.4 Å². The van der Waals surface area contributed by atoms with E-state index in [2.05, 4.69) is 4.98 Å². The van der Waals surface area contributed by atoms with Crippen LogP contribution in [0, 0.1) is 5.82 Å². The van der Waals surface area contributed by atoms with Crippen LogP contribution in [0.4, 0.5) is 4.39 Å². The number of methoxy groups -OCH3 is 1. The number of carbonyl (C=O) groups is 2. The van der Waals surface area contributed by atoms with Crippen molar-refractivity contribution in [2.75, 3.05) is 7.11 Å². The maximum Gasteiger partial charge on any atom is 0.256 e. The fourth-order valence-corrected chi connectivity index (χ4v) is 4.36. The second-order valence-corrected chi connectivity index (χ2v) is 7.99. The van der Waals surface area contributed by atoms with Crippen molar-refractivity contribution in [2.45, 2.75) is 25.4 Å². The largest absolute Gasteiger partial charge is 0.481 e. The van der Waals surface area contributed by atoms with E-state index in [4.69, 9.17) is 22.1 Å². The number of amides is 2.